The molecule has 1 amide bonds. The van der Waals surface area contributed by atoms with Crippen molar-refractivity contribution >= 4 is 23.6 Å². The number of aliphatic carboxylic acids is 1. The molecular weight excluding hydrogens is 256 g/mol. The number of hydrogen-bond acceptors (Lipinski definition) is 4. The fraction of sp³-hybridized carbons (Fsp3) is 0.364. The van der Waals surface area contributed by atoms with Crippen LogP contribution in [0, 0.1) is 0 Å². The highest BCUT2D eigenvalue weighted by Gasteiger charge is 2.08. The molecule has 0 spiro atoms. The molecule has 0 aliphatic heterocycles. The van der Waals surface area contributed by atoms with Gasteiger partial charge >= 0.3 is 5.97 Å². The van der Waals surface area contributed by atoms with Gasteiger partial charge in [0.15, 0.2) is 0 Å². The lowest BCUT2D eigenvalue weighted by molar-refractivity contribution is -0.133. The van der Waals surface area contributed by atoms with Crippen LogP contribution in [-0.4, -0.2) is 39.6 Å². The van der Waals surface area contributed by atoms with Crippen LogP contribution in [0.5, 0.6) is 0 Å². The Morgan fingerprint density at radius 2 is 2.17 bits per heavy atom. The molecule has 1 aromatic heterocycles. The summed E-state index contributed by atoms with van der Waals surface area (Å²) in [5.74, 6) is -0.693. The minimum absolute atomic E-state index is 0.0136. The van der Waals surface area contributed by atoms with E-state index in [1.54, 1.807) is 6.07 Å². The summed E-state index contributed by atoms with van der Waals surface area (Å²) in [5, 5.41) is 11.0. The molecule has 0 saturated carbocycles. The van der Waals surface area contributed by atoms with Gasteiger partial charge in [-0.15, -0.1) is 11.8 Å². The number of carboxylic acids is 1. The SMILES string of the molecule is Cn1c(C(=O)NCCSCC(=O)O)cccc1=O. The lowest BCUT2D eigenvalue weighted by atomic mass is 10.3. The Hall–Kier alpha value is -1.76. The summed E-state index contributed by atoms with van der Waals surface area (Å²) in [5.41, 5.74) is 0.0358. The van der Waals surface area contributed by atoms with E-state index in [4.69, 9.17) is 5.11 Å². The number of aromatic nitrogens is 1. The summed E-state index contributed by atoms with van der Waals surface area (Å²) in [6.45, 7) is 0.361. The van der Waals surface area contributed by atoms with E-state index in [-0.39, 0.29) is 22.9 Å². The van der Waals surface area contributed by atoms with E-state index in [1.165, 1.54) is 35.5 Å². The van der Waals surface area contributed by atoms with Crippen molar-refractivity contribution in [1.82, 2.24) is 9.88 Å². The molecule has 1 aromatic rings. The number of thioether (sulfide) groups is 1. The zero-order valence-corrected chi connectivity index (χ0v) is 10.7. The summed E-state index contributed by atoms with van der Waals surface area (Å²) in [4.78, 5) is 33.3. The van der Waals surface area contributed by atoms with E-state index in [9.17, 15) is 14.4 Å². The number of hydrogen-bond donors (Lipinski definition) is 2. The fourth-order valence-electron chi connectivity index (χ4n) is 1.28. The third-order valence-electron chi connectivity index (χ3n) is 2.17. The number of pyridine rings is 1. The molecule has 1 rings (SSSR count). The average Bonchev–Trinajstić information content (AvgIpc) is 2.31. The Labute approximate surface area is 108 Å². The molecule has 1 heterocycles. The van der Waals surface area contributed by atoms with Crippen LogP contribution >= 0.6 is 11.8 Å². The van der Waals surface area contributed by atoms with Gasteiger partial charge in [-0.1, -0.05) is 6.07 Å². The first-order chi connectivity index (χ1) is 8.52. The highest BCUT2D eigenvalue weighted by Crippen LogP contribution is 1.98. The molecule has 18 heavy (non-hydrogen) atoms. The second-order valence-corrected chi connectivity index (χ2v) is 4.62. The van der Waals surface area contributed by atoms with E-state index in [0.717, 1.165) is 0 Å². The van der Waals surface area contributed by atoms with Crippen molar-refractivity contribution in [2.45, 2.75) is 0 Å². The lowest BCUT2D eigenvalue weighted by Crippen LogP contribution is -2.31. The number of nitrogens with zero attached hydrogens (tertiary/aromatic N) is 1. The highest BCUT2D eigenvalue weighted by molar-refractivity contribution is 7.99. The first kappa shape index (κ1) is 14.3. The maximum absolute atomic E-state index is 11.7. The van der Waals surface area contributed by atoms with E-state index >= 15 is 0 Å². The molecule has 0 fully saturated rings. The largest absolute Gasteiger partial charge is 0.481 e. The molecule has 0 saturated heterocycles. The van der Waals surface area contributed by atoms with Crippen LogP contribution in [0.1, 0.15) is 10.5 Å². The van der Waals surface area contributed by atoms with E-state index in [1.807, 2.05) is 0 Å². The second-order valence-electron chi connectivity index (χ2n) is 3.51. The summed E-state index contributed by atoms with van der Waals surface area (Å²) in [7, 11) is 1.52. The van der Waals surface area contributed by atoms with Gasteiger partial charge < -0.3 is 15.0 Å². The maximum atomic E-state index is 11.7. The summed E-state index contributed by atoms with van der Waals surface area (Å²) < 4.78 is 1.26. The van der Waals surface area contributed by atoms with Gasteiger partial charge in [-0.05, 0) is 6.07 Å². The molecule has 0 aliphatic carbocycles. The average molecular weight is 270 g/mol. The number of carbonyl (C=O) groups is 2. The monoisotopic (exact) mass is 270 g/mol. The van der Waals surface area contributed by atoms with Crippen molar-refractivity contribution in [3.63, 3.8) is 0 Å². The molecule has 0 atom stereocenters. The number of amides is 1. The minimum Gasteiger partial charge on any atom is -0.481 e. The Kier molecular flexibility index (Phi) is 5.44. The quantitative estimate of drug-likeness (QED) is 0.707. The third kappa shape index (κ3) is 4.25. The molecule has 0 unspecified atom stereocenters. The van der Waals surface area contributed by atoms with Crippen LogP contribution in [0.4, 0.5) is 0 Å². The van der Waals surface area contributed by atoms with Crippen molar-refractivity contribution in [3.8, 4) is 0 Å². The normalized spacial score (nSPS) is 10.1. The predicted octanol–water partition coefficient (Wildman–Crippen LogP) is -0.0671. The zero-order valence-electron chi connectivity index (χ0n) is 9.88. The van der Waals surface area contributed by atoms with Gasteiger partial charge in [0.05, 0.1) is 5.75 Å². The van der Waals surface area contributed by atoms with E-state index in [0.29, 0.717) is 12.3 Å². The number of rotatable bonds is 6. The van der Waals surface area contributed by atoms with Gasteiger partial charge in [0.1, 0.15) is 5.69 Å². The van der Waals surface area contributed by atoms with Gasteiger partial charge in [0, 0.05) is 25.4 Å². The summed E-state index contributed by atoms with van der Waals surface area (Å²) in [6, 6.07) is 4.46. The second kappa shape index (κ2) is 6.85. The minimum atomic E-state index is -0.878. The number of nitrogens with one attached hydrogen (secondary N) is 1. The van der Waals surface area contributed by atoms with Gasteiger partial charge in [0.25, 0.3) is 11.5 Å². The smallest absolute Gasteiger partial charge is 0.313 e. The van der Waals surface area contributed by atoms with Crippen LogP contribution in [0.2, 0.25) is 0 Å². The van der Waals surface area contributed by atoms with Crippen molar-refractivity contribution in [3.05, 3.63) is 34.2 Å². The molecule has 98 valence electrons. The molecule has 7 heteroatoms. The topological polar surface area (TPSA) is 88.4 Å². The third-order valence-corrected chi connectivity index (χ3v) is 3.12. The van der Waals surface area contributed by atoms with Gasteiger partial charge in [0.2, 0.25) is 0 Å². The Morgan fingerprint density at radius 3 is 2.83 bits per heavy atom. The first-order valence-corrected chi connectivity index (χ1v) is 6.41. The molecule has 0 aliphatic rings. The fourth-order valence-corrected chi connectivity index (χ4v) is 1.84. The van der Waals surface area contributed by atoms with Crippen molar-refractivity contribution in [2.24, 2.45) is 7.05 Å². The van der Waals surface area contributed by atoms with Crippen LogP contribution in [0.15, 0.2) is 23.0 Å². The Balaban J connectivity index is 2.44. The predicted molar refractivity (Wildman–Crippen MR) is 69.0 cm³/mol. The summed E-state index contributed by atoms with van der Waals surface area (Å²) in [6.07, 6.45) is 0. The number of carboxylic acid groups (broad SMARTS) is 1. The zero-order chi connectivity index (χ0) is 13.5. The van der Waals surface area contributed by atoms with Gasteiger partial charge in [-0.3, -0.25) is 14.4 Å². The van der Waals surface area contributed by atoms with Gasteiger partial charge in [-0.2, -0.15) is 0 Å². The Bertz CT molecular complexity index is 498. The van der Waals surface area contributed by atoms with Crippen LogP contribution < -0.4 is 10.9 Å². The van der Waals surface area contributed by atoms with E-state index < -0.39 is 5.97 Å². The lowest BCUT2D eigenvalue weighted by Gasteiger charge is -2.08. The van der Waals surface area contributed by atoms with Crippen LogP contribution in [0.25, 0.3) is 0 Å². The van der Waals surface area contributed by atoms with E-state index in [2.05, 4.69) is 5.32 Å². The van der Waals surface area contributed by atoms with Crippen molar-refractivity contribution < 1.29 is 14.7 Å². The van der Waals surface area contributed by atoms with Gasteiger partial charge in [-0.25, -0.2) is 0 Å². The molecular formula is C11H14N2O4S. The molecule has 6 nitrogen and oxygen atoms in total. The summed E-state index contributed by atoms with van der Waals surface area (Å²) >= 11 is 1.22. The standard InChI is InChI=1S/C11H14N2O4S/c1-13-8(3-2-4-9(13)14)11(17)12-5-6-18-7-10(15)16/h2-4H,5-7H2,1H3,(H,12,17)(H,15,16). The highest BCUT2D eigenvalue weighted by atomic mass is 32.2. The van der Waals surface area contributed by atoms with Crippen LogP contribution in [0.3, 0.4) is 0 Å². The number of carbonyl (C=O) groups excluding carboxylic acids is 1. The van der Waals surface area contributed by atoms with Crippen LogP contribution in [-0.2, 0) is 11.8 Å². The molecule has 0 radical (unpaired) electrons. The Morgan fingerprint density at radius 1 is 1.44 bits per heavy atom. The van der Waals surface area contributed by atoms with Crippen molar-refractivity contribution in [1.29, 1.82) is 0 Å². The molecule has 0 aromatic carbocycles. The van der Waals surface area contributed by atoms with Crippen molar-refractivity contribution in [2.75, 3.05) is 18.1 Å². The first-order valence-electron chi connectivity index (χ1n) is 5.26. The molecule has 2 N–H and O–H groups in total. The molecule has 0 bridgehead atoms. The maximum Gasteiger partial charge on any atom is 0.313 e.